The number of halogens is 4. The molecule has 3 rings (SSSR count). The quantitative estimate of drug-likeness (QED) is 0.740. The molecular weight excluding hydrogens is 347 g/mol. The molecular formula is C14H11ClF3N5O. The smallest absolute Gasteiger partial charge is 0.383 e. The number of aryl methyl sites for hydroxylation is 1. The molecule has 2 heterocycles. The summed E-state index contributed by atoms with van der Waals surface area (Å²) in [6.07, 6.45) is -2.96. The second-order valence-electron chi connectivity index (χ2n) is 5.11. The molecule has 0 aliphatic rings. The molecule has 3 N–H and O–H groups in total. The van der Waals surface area contributed by atoms with Gasteiger partial charge in [0.05, 0.1) is 11.1 Å². The molecule has 0 radical (unpaired) electrons. The van der Waals surface area contributed by atoms with Gasteiger partial charge in [-0.15, -0.1) is 0 Å². The van der Waals surface area contributed by atoms with Crippen LogP contribution in [0.2, 0.25) is 5.02 Å². The minimum absolute atomic E-state index is 0.0248. The Bertz CT molecular complexity index is 970. The molecule has 0 bridgehead atoms. The Morgan fingerprint density at radius 2 is 2.00 bits per heavy atom. The number of aromatic nitrogens is 4. The maximum Gasteiger partial charge on any atom is 0.416 e. The van der Waals surface area contributed by atoms with E-state index in [9.17, 15) is 18.0 Å². The molecule has 0 amide bonds. The summed E-state index contributed by atoms with van der Waals surface area (Å²) in [7, 11) is 1.68. The molecule has 0 saturated heterocycles. The minimum Gasteiger partial charge on any atom is -0.383 e. The number of hydrogen-bond donors (Lipinski definition) is 2. The number of alkyl halides is 3. The fourth-order valence-electron chi connectivity index (χ4n) is 2.33. The van der Waals surface area contributed by atoms with Gasteiger partial charge in [0, 0.05) is 24.3 Å². The van der Waals surface area contributed by atoms with Gasteiger partial charge >= 0.3 is 6.18 Å². The molecule has 0 unspecified atom stereocenters. The Morgan fingerprint density at radius 3 is 2.58 bits per heavy atom. The van der Waals surface area contributed by atoms with Crippen LogP contribution in [-0.2, 0) is 13.2 Å². The fraction of sp³-hybridized carbons (Fsp3) is 0.143. The van der Waals surface area contributed by atoms with Crippen LogP contribution < -0.4 is 11.3 Å². The molecule has 10 heteroatoms. The van der Waals surface area contributed by atoms with Crippen LogP contribution >= 0.6 is 11.6 Å². The number of aromatic amines is 1. The van der Waals surface area contributed by atoms with Gasteiger partial charge in [0.2, 0.25) is 0 Å². The summed E-state index contributed by atoms with van der Waals surface area (Å²) >= 11 is 5.76. The zero-order chi connectivity index (χ0) is 17.6. The van der Waals surface area contributed by atoms with E-state index in [2.05, 4.69) is 10.2 Å². The van der Waals surface area contributed by atoms with Gasteiger partial charge in [0.15, 0.2) is 5.82 Å². The zero-order valence-corrected chi connectivity index (χ0v) is 13.0. The summed E-state index contributed by atoms with van der Waals surface area (Å²) in [5, 5.41) is 6.39. The molecule has 0 fully saturated rings. The normalized spacial score (nSPS) is 11.9. The highest BCUT2D eigenvalue weighted by Gasteiger charge is 2.32. The summed E-state index contributed by atoms with van der Waals surface area (Å²) in [5.41, 5.74) is 4.21. The van der Waals surface area contributed by atoms with Gasteiger partial charge in [-0.2, -0.15) is 18.3 Å². The van der Waals surface area contributed by atoms with E-state index in [1.54, 1.807) is 19.3 Å². The molecule has 0 spiro atoms. The van der Waals surface area contributed by atoms with E-state index in [0.29, 0.717) is 5.82 Å². The maximum absolute atomic E-state index is 12.9. The summed E-state index contributed by atoms with van der Waals surface area (Å²) in [6, 6.07) is 4.45. The number of benzene rings is 1. The van der Waals surface area contributed by atoms with Crippen LogP contribution in [0.4, 0.5) is 19.0 Å². The lowest BCUT2D eigenvalue weighted by atomic mass is 10.0. The second kappa shape index (κ2) is 5.45. The number of rotatable bonds is 2. The van der Waals surface area contributed by atoms with Crippen molar-refractivity contribution in [1.29, 1.82) is 0 Å². The van der Waals surface area contributed by atoms with Crippen LogP contribution in [0.25, 0.3) is 16.9 Å². The molecule has 1 aromatic carbocycles. The summed E-state index contributed by atoms with van der Waals surface area (Å²) in [6.45, 7) is 0. The van der Waals surface area contributed by atoms with E-state index in [-0.39, 0.29) is 22.0 Å². The molecule has 6 nitrogen and oxygen atoms in total. The van der Waals surface area contributed by atoms with E-state index in [0.717, 1.165) is 12.1 Å². The lowest BCUT2D eigenvalue weighted by Crippen LogP contribution is -2.07. The average molecular weight is 358 g/mol. The van der Waals surface area contributed by atoms with Crippen LogP contribution in [0.15, 0.2) is 35.3 Å². The molecule has 2 aromatic heterocycles. The van der Waals surface area contributed by atoms with Gasteiger partial charge in [-0.3, -0.25) is 14.6 Å². The van der Waals surface area contributed by atoms with E-state index in [4.69, 9.17) is 17.3 Å². The molecule has 3 aromatic rings. The van der Waals surface area contributed by atoms with E-state index >= 15 is 0 Å². The van der Waals surface area contributed by atoms with E-state index < -0.39 is 17.3 Å². The fourth-order valence-corrected chi connectivity index (χ4v) is 2.56. The predicted octanol–water partition coefficient (Wildman–Crippen LogP) is 2.82. The van der Waals surface area contributed by atoms with Gasteiger partial charge in [0.1, 0.15) is 5.82 Å². The Labute approximate surface area is 138 Å². The third kappa shape index (κ3) is 2.78. The number of hydrogen-bond acceptors (Lipinski definition) is 3. The number of nitrogen functional groups attached to an aromatic ring is 1. The van der Waals surface area contributed by atoms with Crippen molar-refractivity contribution in [2.45, 2.75) is 6.18 Å². The molecule has 0 atom stereocenters. The first-order valence-electron chi connectivity index (χ1n) is 6.65. The Balaban J connectivity index is 2.19. The first-order valence-corrected chi connectivity index (χ1v) is 7.03. The summed E-state index contributed by atoms with van der Waals surface area (Å²) < 4.78 is 41.5. The lowest BCUT2D eigenvalue weighted by Gasteiger charge is -2.09. The maximum atomic E-state index is 12.9. The standard InChI is InChI=1S/C14H11ClF3N5O/c1-22-3-2-10(20-22)23-12(19)11(13(24)21-23)7-4-8(14(16,17)18)6-9(15)5-7/h2-6H,19H2,1H3,(H,21,24). The third-order valence-corrected chi connectivity index (χ3v) is 3.60. The van der Waals surface area contributed by atoms with Crippen LogP contribution in [0.5, 0.6) is 0 Å². The molecule has 0 saturated carbocycles. The predicted molar refractivity (Wildman–Crippen MR) is 83.0 cm³/mol. The van der Waals surface area contributed by atoms with Crippen LogP contribution in [0.1, 0.15) is 5.56 Å². The molecule has 24 heavy (non-hydrogen) atoms. The van der Waals surface area contributed by atoms with E-state index in [1.165, 1.54) is 15.4 Å². The van der Waals surface area contributed by atoms with Crippen molar-refractivity contribution < 1.29 is 13.2 Å². The van der Waals surface area contributed by atoms with Crippen LogP contribution in [0, 0.1) is 0 Å². The Hall–Kier alpha value is -2.68. The van der Waals surface area contributed by atoms with Crippen LogP contribution in [-0.4, -0.2) is 19.6 Å². The highest BCUT2D eigenvalue weighted by Crippen LogP contribution is 2.35. The largest absolute Gasteiger partial charge is 0.416 e. The first-order chi connectivity index (χ1) is 11.2. The molecule has 0 aliphatic heterocycles. The third-order valence-electron chi connectivity index (χ3n) is 3.38. The van der Waals surface area contributed by atoms with Crippen molar-refractivity contribution in [3.8, 4) is 16.9 Å². The van der Waals surface area contributed by atoms with Crippen molar-refractivity contribution in [3.63, 3.8) is 0 Å². The number of H-pyrrole nitrogens is 1. The number of nitrogens with two attached hydrogens (primary N) is 1. The number of anilines is 1. The SMILES string of the molecule is Cn1ccc(-n2[nH]c(=O)c(-c3cc(Cl)cc(C(F)(F)F)c3)c2N)n1. The monoisotopic (exact) mass is 357 g/mol. The van der Waals surface area contributed by atoms with Gasteiger partial charge in [-0.1, -0.05) is 11.6 Å². The summed E-state index contributed by atoms with van der Waals surface area (Å²) in [5.74, 6) is 0.269. The van der Waals surface area contributed by atoms with Crippen molar-refractivity contribution >= 4 is 17.4 Å². The van der Waals surface area contributed by atoms with Crippen molar-refractivity contribution in [2.24, 2.45) is 7.05 Å². The van der Waals surface area contributed by atoms with Crippen molar-refractivity contribution in [3.05, 3.63) is 51.4 Å². The van der Waals surface area contributed by atoms with Crippen molar-refractivity contribution in [1.82, 2.24) is 19.6 Å². The number of nitrogens with one attached hydrogen (secondary N) is 1. The zero-order valence-electron chi connectivity index (χ0n) is 12.2. The Morgan fingerprint density at radius 1 is 1.29 bits per heavy atom. The second-order valence-corrected chi connectivity index (χ2v) is 5.55. The first kappa shape index (κ1) is 16.2. The topological polar surface area (TPSA) is 81.6 Å². The lowest BCUT2D eigenvalue weighted by molar-refractivity contribution is -0.137. The van der Waals surface area contributed by atoms with Gasteiger partial charge < -0.3 is 5.73 Å². The highest BCUT2D eigenvalue weighted by atomic mass is 35.5. The average Bonchev–Trinajstić information content (AvgIpc) is 3.01. The molecule has 0 aliphatic carbocycles. The Kier molecular flexibility index (Phi) is 3.67. The summed E-state index contributed by atoms with van der Waals surface area (Å²) in [4.78, 5) is 12.2. The minimum atomic E-state index is -4.59. The van der Waals surface area contributed by atoms with Crippen molar-refractivity contribution in [2.75, 3.05) is 5.73 Å². The van der Waals surface area contributed by atoms with Gasteiger partial charge in [-0.05, 0) is 23.8 Å². The van der Waals surface area contributed by atoms with Gasteiger partial charge in [-0.25, -0.2) is 4.68 Å². The van der Waals surface area contributed by atoms with Crippen LogP contribution in [0.3, 0.4) is 0 Å². The van der Waals surface area contributed by atoms with E-state index in [1.807, 2.05) is 0 Å². The molecule has 126 valence electrons. The number of nitrogens with zero attached hydrogens (tertiary/aromatic N) is 3. The highest BCUT2D eigenvalue weighted by molar-refractivity contribution is 6.31. The van der Waals surface area contributed by atoms with Gasteiger partial charge in [0.25, 0.3) is 5.56 Å².